The van der Waals surface area contributed by atoms with Crippen LogP contribution in [0.1, 0.15) is 17.2 Å². The molecule has 2 N–H and O–H groups in total. The molecule has 2 aromatic rings. The molecule has 0 saturated heterocycles. The van der Waals surface area contributed by atoms with Gasteiger partial charge in [-0.1, -0.05) is 36.4 Å². The van der Waals surface area contributed by atoms with E-state index in [1.807, 2.05) is 6.07 Å². The lowest BCUT2D eigenvalue weighted by Crippen LogP contribution is -2.30. The summed E-state index contributed by atoms with van der Waals surface area (Å²) < 4.78 is 38.0. The highest BCUT2D eigenvalue weighted by Crippen LogP contribution is 2.30. The molecular weight excluding hydrogens is 293 g/mol. The van der Waals surface area contributed by atoms with Crippen LogP contribution in [-0.4, -0.2) is 13.0 Å². The SMILES string of the molecule is CN[C@H](C(=O)Nc1cccc(C(F)(F)F)c1)c1ccccc1. The van der Waals surface area contributed by atoms with E-state index in [0.29, 0.717) is 0 Å². The van der Waals surface area contributed by atoms with Crippen LogP contribution in [0.25, 0.3) is 0 Å². The number of anilines is 1. The van der Waals surface area contributed by atoms with Crippen molar-refractivity contribution in [1.82, 2.24) is 5.32 Å². The van der Waals surface area contributed by atoms with Gasteiger partial charge in [0.15, 0.2) is 0 Å². The summed E-state index contributed by atoms with van der Waals surface area (Å²) in [5, 5.41) is 5.35. The second-order valence-electron chi connectivity index (χ2n) is 4.70. The first-order valence-electron chi connectivity index (χ1n) is 6.62. The Hall–Kier alpha value is -2.34. The Morgan fingerprint density at radius 3 is 2.32 bits per heavy atom. The summed E-state index contributed by atoms with van der Waals surface area (Å²) in [7, 11) is 1.61. The van der Waals surface area contributed by atoms with Crippen molar-refractivity contribution in [2.75, 3.05) is 12.4 Å². The molecule has 0 radical (unpaired) electrons. The zero-order valence-electron chi connectivity index (χ0n) is 11.8. The van der Waals surface area contributed by atoms with Gasteiger partial charge in [0.25, 0.3) is 0 Å². The van der Waals surface area contributed by atoms with E-state index in [2.05, 4.69) is 10.6 Å². The van der Waals surface area contributed by atoms with Gasteiger partial charge in [0.1, 0.15) is 6.04 Å². The van der Waals surface area contributed by atoms with Gasteiger partial charge in [0, 0.05) is 5.69 Å². The predicted molar refractivity (Wildman–Crippen MR) is 78.3 cm³/mol. The van der Waals surface area contributed by atoms with E-state index < -0.39 is 23.7 Å². The van der Waals surface area contributed by atoms with Crippen LogP contribution < -0.4 is 10.6 Å². The second kappa shape index (κ2) is 6.62. The van der Waals surface area contributed by atoms with Crippen molar-refractivity contribution in [3.05, 3.63) is 65.7 Å². The normalized spacial score (nSPS) is 12.7. The fraction of sp³-hybridized carbons (Fsp3) is 0.188. The highest BCUT2D eigenvalue weighted by Gasteiger charge is 2.30. The van der Waals surface area contributed by atoms with E-state index in [0.717, 1.165) is 17.7 Å². The number of carbonyl (C=O) groups is 1. The second-order valence-corrected chi connectivity index (χ2v) is 4.70. The van der Waals surface area contributed by atoms with Crippen LogP contribution in [0.2, 0.25) is 0 Å². The number of halogens is 3. The number of benzene rings is 2. The first-order chi connectivity index (χ1) is 10.4. The van der Waals surface area contributed by atoms with Crippen molar-refractivity contribution in [1.29, 1.82) is 0 Å². The summed E-state index contributed by atoms with van der Waals surface area (Å²) >= 11 is 0. The summed E-state index contributed by atoms with van der Waals surface area (Å²) in [5.41, 5.74) is 0.0384. The lowest BCUT2D eigenvalue weighted by Gasteiger charge is -2.17. The smallest absolute Gasteiger partial charge is 0.324 e. The van der Waals surface area contributed by atoms with Gasteiger partial charge in [0.05, 0.1) is 5.56 Å². The fourth-order valence-electron chi connectivity index (χ4n) is 2.08. The Morgan fingerprint density at radius 1 is 1.05 bits per heavy atom. The third-order valence-electron chi connectivity index (χ3n) is 3.14. The molecule has 0 bridgehead atoms. The highest BCUT2D eigenvalue weighted by atomic mass is 19.4. The molecule has 0 fully saturated rings. The number of hydrogen-bond acceptors (Lipinski definition) is 2. The average Bonchev–Trinajstić information content (AvgIpc) is 2.48. The summed E-state index contributed by atoms with van der Waals surface area (Å²) in [6, 6.07) is 12.9. The number of nitrogens with one attached hydrogen (secondary N) is 2. The summed E-state index contributed by atoms with van der Waals surface area (Å²) in [4.78, 5) is 12.3. The molecule has 0 heterocycles. The van der Waals surface area contributed by atoms with Crippen LogP contribution in [0.15, 0.2) is 54.6 Å². The zero-order chi connectivity index (χ0) is 16.2. The van der Waals surface area contributed by atoms with Crippen molar-refractivity contribution in [3.63, 3.8) is 0 Å². The molecule has 2 aromatic carbocycles. The van der Waals surface area contributed by atoms with Gasteiger partial charge in [0.2, 0.25) is 5.91 Å². The van der Waals surface area contributed by atoms with E-state index >= 15 is 0 Å². The maximum absolute atomic E-state index is 12.7. The van der Waals surface area contributed by atoms with Gasteiger partial charge < -0.3 is 10.6 Å². The molecule has 0 aliphatic carbocycles. The van der Waals surface area contributed by atoms with Gasteiger partial charge in [-0.25, -0.2) is 0 Å². The summed E-state index contributed by atoms with van der Waals surface area (Å²) in [6.45, 7) is 0. The van der Waals surface area contributed by atoms with Gasteiger partial charge in [-0.3, -0.25) is 4.79 Å². The number of carbonyl (C=O) groups excluding carboxylic acids is 1. The molecule has 0 aromatic heterocycles. The average molecular weight is 308 g/mol. The molecule has 116 valence electrons. The largest absolute Gasteiger partial charge is 0.416 e. The minimum absolute atomic E-state index is 0.107. The monoisotopic (exact) mass is 308 g/mol. The van der Waals surface area contributed by atoms with E-state index in [1.54, 1.807) is 31.3 Å². The Kier molecular flexibility index (Phi) is 4.82. The Bertz CT molecular complexity index is 641. The lowest BCUT2D eigenvalue weighted by molar-refractivity contribution is -0.137. The van der Waals surface area contributed by atoms with Crippen LogP contribution in [0.3, 0.4) is 0 Å². The molecule has 0 saturated carbocycles. The minimum atomic E-state index is -4.44. The van der Waals surface area contributed by atoms with E-state index in [4.69, 9.17) is 0 Å². The fourth-order valence-corrected chi connectivity index (χ4v) is 2.08. The number of alkyl halides is 3. The summed E-state index contributed by atoms with van der Waals surface area (Å²) in [6.07, 6.45) is -4.44. The van der Waals surface area contributed by atoms with Gasteiger partial charge in [-0.15, -0.1) is 0 Å². The van der Waals surface area contributed by atoms with Crippen molar-refractivity contribution in [3.8, 4) is 0 Å². The standard InChI is InChI=1S/C16H15F3N2O/c1-20-14(11-6-3-2-4-7-11)15(22)21-13-9-5-8-12(10-13)16(17,18)19/h2-10,14,20H,1H3,(H,21,22)/t14-/m0/s1. The predicted octanol–water partition coefficient (Wildman–Crippen LogP) is 3.60. The molecule has 1 atom stereocenters. The van der Waals surface area contributed by atoms with E-state index in [9.17, 15) is 18.0 Å². The van der Waals surface area contributed by atoms with E-state index in [-0.39, 0.29) is 5.69 Å². The lowest BCUT2D eigenvalue weighted by atomic mass is 10.1. The number of rotatable bonds is 4. The number of hydrogen-bond donors (Lipinski definition) is 2. The van der Waals surface area contributed by atoms with Gasteiger partial charge in [-0.2, -0.15) is 13.2 Å². The maximum atomic E-state index is 12.7. The van der Waals surface area contributed by atoms with Crippen LogP contribution in [0.4, 0.5) is 18.9 Å². The molecular formula is C16H15F3N2O. The summed E-state index contributed by atoms with van der Waals surface area (Å²) in [5.74, 6) is -0.423. The Labute approximate surface area is 126 Å². The maximum Gasteiger partial charge on any atom is 0.416 e. The molecule has 0 aliphatic heterocycles. The highest BCUT2D eigenvalue weighted by molar-refractivity contribution is 5.95. The number of likely N-dealkylation sites (N-methyl/N-ethyl adjacent to an activating group) is 1. The Morgan fingerprint density at radius 2 is 1.73 bits per heavy atom. The van der Waals surface area contributed by atoms with Crippen LogP contribution in [0, 0.1) is 0 Å². The topological polar surface area (TPSA) is 41.1 Å². The van der Waals surface area contributed by atoms with E-state index in [1.165, 1.54) is 12.1 Å². The molecule has 0 spiro atoms. The molecule has 22 heavy (non-hydrogen) atoms. The quantitative estimate of drug-likeness (QED) is 0.906. The number of amides is 1. The van der Waals surface area contributed by atoms with Gasteiger partial charge in [-0.05, 0) is 30.8 Å². The molecule has 3 nitrogen and oxygen atoms in total. The Balaban J connectivity index is 2.18. The zero-order valence-corrected chi connectivity index (χ0v) is 11.8. The van der Waals surface area contributed by atoms with Gasteiger partial charge >= 0.3 is 6.18 Å². The molecule has 0 unspecified atom stereocenters. The molecule has 2 rings (SSSR count). The van der Waals surface area contributed by atoms with Crippen LogP contribution in [0.5, 0.6) is 0 Å². The first kappa shape index (κ1) is 16.0. The third kappa shape index (κ3) is 3.85. The van der Waals surface area contributed by atoms with Crippen LogP contribution in [-0.2, 0) is 11.0 Å². The van der Waals surface area contributed by atoms with Crippen molar-refractivity contribution >= 4 is 11.6 Å². The molecule has 0 aliphatic rings. The molecule has 1 amide bonds. The first-order valence-corrected chi connectivity index (χ1v) is 6.62. The third-order valence-corrected chi connectivity index (χ3v) is 3.14. The molecule has 6 heteroatoms. The van der Waals surface area contributed by atoms with Crippen LogP contribution >= 0.6 is 0 Å². The van der Waals surface area contributed by atoms with Crippen molar-refractivity contribution < 1.29 is 18.0 Å². The minimum Gasteiger partial charge on any atom is -0.324 e. The van der Waals surface area contributed by atoms with Crippen molar-refractivity contribution in [2.24, 2.45) is 0 Å². The van der Waals surface area contributed by atoms with Crippen molar-refractivity contribution in [2.45, 2.75) is 12.2 Å².